The minimum absolute atomic E-state index is 0.0753. The molecule has 0 fully saturated rings. The minimum Gasteiger partial charge on any atom is -0.378 e. The summed E-state index contributed by atoms with van der Waals surface area (Å²) in [6.45, 7) is 9.21. The maximum absolute atomic E-state index is 12.3. The summed E-state index contributed by atoms with van der Waals surface area (Å²) in [6.07, 6.45) is 0. The van der Waals surface area contributed by atoms with Crippen molar-refractivity contribution in [3.8, 4) is 0 Å². The van der Waals surface area contributed by atoms with E-state index in [4.69, 9.17) is 11.6 Å². The summed E-state index contributed by atoms with van der Waals surface area (Å²) < 4.78 is 0. The normalized spacial score (nSPS) is 11.3. The molecule has 1 aromatic rings. The van der Waals surface area contributed by atoms with Gasteiger partial charge in [-0.15, -0.1) is 0 Å². The lowest BCUT2D eigenvalue weighted by atomic mass is 10.1. The fourth-order valence-electron chi connectivity index (χ4n) is 2.17. The lowest BCUT2D eigenvalue weighted by Gasteiger charge is -2.28. The molecule has 0 aliphatic rings. The predicted octanol–water partition coefficient (Wildman–Crippen LogP) is 2.70. The molecule has 0 unspecified atom stereocenters. The van der Waals surface area contributed by atoms with Crippen molar-refractivity contribution >= 4 is 36.5 Å². The van der Waals surface area contributed by atoms with Gasteiger partial charge in [0.15, 0.2) is 0 Å². The highest BCUT2D eigenvalue weighted by Crippen LogP contribution is 2.24. The van der Waals surface area contributed by atoms with Crippen molar-refractivity contribution in [3.63, 3.8) is 0 Å². The minimum atomic E-state index is -1.70. The number of amides is 1. The number of hydrogen-bond donors (Lipinski definition) is 1. The van der Waals surface area contributed by atoms with Crippen LogP contribution >= 0.6 is 11.6 Å². The highest BCUT2D eigenvalue weighted by Gasteiger charge is 2.29. The Morgan fingerprint density at radius 2 is 1.89 bits per heavy atom. The summed E-state index contributed by atoms with van der Waals surface area (Å²) in [5, 5.41) is 4.52. The van der Waals surface area contributed by atoms with Gasteiger partial charge in [-0.3, -0.25) is 4.79 Å². The van der Waals surface area contributed by atoms with Crippen LogP contribution in [-0.4, -0.2) is 34.6 Å². The van der Waals surface area contributed by atoms with E-state index in [2.05, 4.69) is 25.0 Å². The summed E-state index contributed by atoms with van der Waals surface area (Å²) >= 11 is 6.29. The topological polar surface area (TPSA) is 32.3 Å². The molecule has 0 aliphatic heterocycles. The molecule has 1 N–H and O–H groups in total. The number of benzene rings is 1. The van der Waals surface area contributed by atoms with Crippen LogP contribution in [0.5, 0.6) is 0 Å². The van der Waals surface area contributed by atoms with E-state index in [1.54, 1.807) is 0 Å². The lowest BCUT2D eigenvalue weighted by molar-refractivity contribution is 0.0957. The molecule has 1 rings (SSSR count). The molecule has 106 valence electrons. The number of carbonyl (C=O) groups excluding carboxylic acids is 1. The maximum atomic E-state index is 12.3. The van der Waals surface area contributed by atoms with Crippen molar-refractivity contribution in [2.45, 2.75) is 26.6 Å². The number of carbonyl (C=O) groups is 1. The Balaban J connectivity index is 3.59. The van der Waals surface area contributed by atoms with Crippen LogP contribution in [0.2, 0.25) is 24.7 Å². The van der Waals surface area contributed by atoms with Crippen LogP contribution in [-0.2, 0) is 0 Å². The molecule has 0 heterocycles. The second kappa shape index (κ2) is 5.97. The van der Waals surface area contributed by atoms with Crippen molar-refractivity contribution in [2.24, 2.45) is 0 Å². The van der Waals surface area contributed by atoms with E-state index in [1.807, 2.05) is 38.1 Å². The number of anilines is 1. The SMILES string of the molecule is CCNC(=O)c1c(Cl)ccc(N(C)C)c1[Si](C)(C)C. The third-order valence-corrected chi connectivity index (χ3v) is 5.25. The van der Waals surface area contributed by atoms with Crippen LogP contribution < -0.4 is 15.4 Å². The standard InChI is InChI=1S/C14H23ClN2OSi/c1-7-16-14(18)12-10(15)8-9-11(17(2)3)13(12)19(4,5)6/h8-9H,7H2,1-6H3,(H,16,18). The summed E-state index contributed by atoms with van der Waals surface area (Å²) in [5.41, 5.74) is 1.73. The number of rotatable bonds is 4. The molecule has 0 spiro atoms. The van der Waals surface area contributed by atoms with Crippen LogP contribution in [0.3, 0.4) is 0 Å². The van der Waals surface area contributed by atoms with Crippen LogP contribution in [0.15, 0.2) is 12.1 Å². The Morgan fingerprint density at radius 1 is 1.32 bits per heavy atom. The third kappa shape index (κ3) is 3.51. The molecule has 0 radical (unpaired) electrons. The van der Waals surface area contributed by atoms with Gasteiger partial charge in [-0.25, -0.2) is 0 Å². The number of hydrogen-bond acceptors (Lipinski definition) is 2. The van der Waals surface area contributed by atoms with Crippen molar-refractivity contribution in [1.82, 2.24) is 5.32 Å². The van der Waals surface area contributed by atoms with E-state index in [0.29, 0.717) is 17.1 Å². The summed E-state index contributed by atoms with van der Waals surface area (Å²) in [7, 11) is 2.29. The molecule has 0 bridgehead atoms. The van der Waals surface area contributed by atoms with Gasteiger partial charge in [0.05, 0.1) is 18.7 Å². The molecular formula is C14H23ClN2OSi. The zero-order valence-corrected chi connectivity index (χ0v) is 14.4. The van der Waals surface area contributed by atoms with Gasteiger partial charge in [-0.2, -0.15) is 0 Å². The van der Waals surface area contributed by atoms with Crippen molar-refractivity contribution in [1.29, 1.82) is 0 Å². The largest absolute Gasteiger partial charge is 0.378 e. The smallest absolute Gasteiger partial charge is 0.252 e. The van der Waals surface area contributed by atoms with Gasteiger partial charge in [0.1, 0.15) is 0 Å². The first kappa shape index (κ1) is 16.1. The number of halogens is 1. The van der Waals surface area contributed by atoms with Crippen LogP contribution in [0.4, 0.5) is 5.69 Å². The van der Waals surface area contributed by atoms with E-state index >= 15 is 0 Å². The van der Waals surface area contributed by atoms with E-state index in [-0.39, 0.29) is 5.91 Å². The maximum Gasteiger partial charge on any atom is 0.252 e. The van der Waals surface area contributed by atoms with Gasteiger partial charge in [-0.05, 0) is 24.2 Å². The zero-order chi connectivity index (χ0) is 14.8. The number of nitrogens with zero attached hydrogens (tertiary/aromatic N) is 1. The van der Waals surface area contributed by atoms with Gasteiger partial charge in [-0.1, -0.05) is 31.2 Å². The molecule has 0 aliphatic carbocycles. The highest BCUT2D eigenvalue weighted by molar-refractivity contribution is 6.90. The average Bonchev–Trinajstić information content (AvgIpc) is 2.26. The van der Waals surface area contributed by atoms with Gasteiger partial charge in [0.25, 0.3) is 5.91 Å². The Bertz CT molecular complexity index is 481. The van der Waals surface area contributed by atoms with Crippen LogP contribution in [0.25, 0.3) is 0 Å². The summed E-state index contributed by atoms with van der Waals surface area (Å²) in [5.74, 6) is -0.0753. The van der Waals surface area contributed by atoms with E-state index in [0.717, 1.165) is 10.9 Å². The van der Waals surface area contributed by atoms with Crippen molar-refractivity contribution in [3.05, 3.63) is 22.7 Å². The molecule has 0 saturated heterocycles. The Hall–Kier alpha value is -1.00. The molecule has 19 heavy (non-hydrogen) atoms. The molecule has 1 aromatic carbocycles. The van der Waals surface area contributed by atoms with Crippen molar-refractivity contribution < 1.29 is 4.79 Å². The Morgan fingerprint density at radius 3 is 2.32 bits per heavy atom. The second-order valence-electron chi connectivity index (χ2n) is 5.82. The fourth-order valence-corrected chi connectivity index (χ4v) is 4.57. The van der Waals surface area contributed by atoms with Gasteiger partial charge < -0.3 is 10.2 Å². The van der Waals surface area contributed by atoms with Gasteiger partial charge in [0.2, 0.25) is 0 Å². The molecule has 1 amide bonds. The molecule has 0 aromatic heterocycles. The van der Waals surface area contributed by atoms with Crippen LogP contribution in [0.1, 0.15) is 17.3 Å². The molecule has 3 nitrogen and oxygen atoms in total. The first-order chi connectivity index (χ1) is 8.70. The highest BCUT2D eigenvalue weighted by atomic mass is 35.5. The van der Waals surface area contributed by atoms with Crippen molar-refractivity contribution in [2.75, 3.05) is 25.5 Å². The fraction of sp³-hybridized carbons (Fsp3) is 0.500. The summed E-state index contributed by atoms with van der Waals surface area (Å²) in [4.78, 5) is 14.4. The first-order valence-corrected chi connectivity index (χ1v) is 10.4. The van der Waals surface area contributed by atoms with E-state index in [9.17, 15) is 4.79 Å². The first-order valence-electron chi connectivity index (χ1n) is 6.48. The van der Waals surface area contributed by atoms with Crippen LogP contribution in [0, 0.1) is 0 Å². The Labute approximate surface area is 122 Å². The average molecular weight is 299 g/mol. The van der Waals surface area contributed by atoms with E-state index < -0.39 is 8.07 Å². The lowest BCUT2D eigenvalue weighted by Crippen LogP contribution is -2.46. The quantitative estimate of drug-likeness (QED) is 0.867. The third-order valence-electron chi connectivity index (χ3n) is 2.93. The molecule has 5 heteroatoms. The summed E-state index contributed by atoms with van der Waals surface area (Å²) in [6, 6.07) is 3.81. The second-order valence-corrected chi connectivity index (χ2v) is 11.2. The Kier molecular flexibility index (Phi) is 5.04. The molecular weight excluding hydrogens is 276 g/mol. The zero-order valence-electron chi connectivity index (χ0n) is 12.6. The van der Waals surface area contributed by atoms with Gasteiger partial charge in [0, 0.05) is 26.3 Å². The monoisotopic (exact) mass is 298 g/mol. The van der Waals surface area contributed by atoms with E-state index in [1.165, 1.54) is 0 Å². The predicted molar refractivity (Wildman–Crippen MR) is 86.8 cm³/mol. The number of nitrogens with one attached hydrogen (secondary N) is 1. The molecule has 0 atom stereocenters. The van der Waals surface area contributed by atoms with Gasteiger partial charge >= 0.3 is 0 Å². The molecule has 0 saturated carbocycles.